The number of rotatable bonds is 10. The largest absolute Gasteiger partial charge is 0.366 e. The van der Waals surface area contributed by atoms with Crippen molar-refractivity contribution in [2.24, 2.45) is 0 Å². The van der Waals surface area contributed by atoms with Crippen LogP contribution in [0.4, 0.5) is 0 Å². The lowest BCUT2D eigenvalue weighted by molar-refractivity contribution is -0.123. The summed E-state index contributed by atoms with van der Waals surface area (Å²) >= 11 is 0. The average molecular weight is 377 g/mol. The van der Waals surface area contributed by atoms with E-state index in [0.717, 1.165) is 56.5 Å². The van der Waals surface area contributed by atoms with Crippen LogP contribution in [-0.2, 0) is 17.8 Å². The Bertz CT molecular complexity index is 743. The number of pyridine rings is 2. The molecular formula is C21H28BN5O. The first-order valence-electron chi connectivity index (χ1n) is 10.1. The zero-order chi connectivity index (χ0) is 19.6. The molecule has 2 aromatic heterocycles. The van der Waals surface area contributed by atoms with Gasteiger partial charge in [0.05, 0.1) is 30.0 Å². The topological polar surface area (TPSA) is 78.9 Å². The minimum atomic E-state index is -0.264. The minimum absolute atomic E-state index is 0.00872. The Hall–Kier alpha value is -2.25. The van der Waals surface area contributed by atoms with Gasteiger partial charge in [-0.3, -0.25) is 20.1 Å². The van der Waals surface area contributed by atoms with Gasteiger partial charge in [-0.1, -0.05) is 18.6 Å². The Kier molecular flexibility index (Phi) is 8.00. The highest BCUT2D eigenvalue weighted by atomic mass is 16.2. The molecule has 0 spiro atoms. The molecule has 2 radical (unpaired) electrons. The third kappa shape index (κ3) is 5.88. The van der Waals surface area contributed by atoms with Gasteiger partial charge in [-0.15, -0.1) is 0 Å². The Morgan fingerprint density at radius 2 is 2.07 bits per heavy atom. The molecule has 0 saturated carbocycles. The molecule has 6 nitrogen and oxygen atoms in total. The van der Waals surface area contributed by atoms with Gasteiger partial charge in [-0.05, 0) is 62.4 Å². The number of unbranched alkanes of at least 4 members (excludes halogenated alkanes) is 1. The van der Waals surface area contributed by atoms with Crippen LogP contribution in [0, 0.1) is 0 Å². The predicted molar refractivity (Wildman–Crippen MR) is 111 cm³/mol. The molecular weight excluding hydrogens is 349 g/mol. The van der Waals surface area contributed by atoms with Crippen molar-refractivity contribution in [3.63, 3.8) is 0 Å². The Morgan fingerprint density at radius 3 is 2.89 bits per heavy atom. The molecule has 0 aliphatic heterocycles. The molecule has 2 heterocycles. The van der Waals surface area contributed by atoms with Crippen LogP contribution in [-0.4, -0.2) is 36.4 Å². The molecule has 2 aromatic rings. The van der Waals surface area contributed by atoms with Gasteiger partial charge in [0.15, 0.2) is 7.98 Å². The van der Waals surface area contributed by atoms with Crippen LogP contribution in [0.1, 0.15) is 55.1 Å². The van der Waals surface area contributed by atoms with Crippen molar-refractivity contribution in [2.45, 2.75) is 57.2 Å². The van der Waals surface area contributed by atoms with Gasteiger partial charge in [0.25, 0.3) is 0 Å². The third-order valence-electron chi connectivity index (χ3n) is 5.15. The summed E-state index contributed by atoms with van der Waals surface area (Å²) in [6, 6.07) is 9.68. The van der Waals surface area contributed by atoms with Gasteiger partial charge < -0.3 is 10.5 Å². The summed E-state index contributed by atoms with van der Waals surface area (Å²) in [5.74, 6) is 0.00872. The molecule has 7 heteroatoms. The van der Waals surface area contributed by atoms with Gasteiger partial charge in [-0.25, -0.2) is 0 Å². The molecule has 1 aliphatic rings. The lowest BCUT2D eigenvalue weighted by atomic mass is 9.91. The maximum atomic E-state index is 12.9. The fraction of sp³-hybridized carbons (Fsp3) is 0.476. The average Bonchev–Trinajstić information content (AvgIpc) is 2.75. The van der Waals surface area contributed by atoms with Crippen molar-refractivity contribution in [1.82, 2.24) is 25.8 Å². The molecule has 0 aromatic carbocycles. The van der Waals surface area contributed by atoms with E-state index in [1.165, 1.54) is 5.56 Å². The number of fused-ring (bicyclic) bond motifs is 1. The van der Waals surface area contributed by atoms with Crippen molar-refractivity contribution in [2.75, 3.05) is 6.54 Å². The maximum Gasteiger partial charge on any atom is 0.237 e. The van der Waals surface area contributed by atoms with Crippen molar-refractivity contribution >= 4 is 13.9 Å². The summed E-state index contributed by atoms with van der Waals surface area (Å²) < 4.78 is 0. The third-order valence-corrected chi connectivity index (χ3v) is 5.15. The minimum Gasteiger partial charge on any atom is -0.366 e. The van der Waals surface area contributed by atoms with E-state index in [9.17, 15) is 4.79 Å². The summed E-state index contributed by atoms with van der Waals surface area (Å²) in [6.45, 7) is 1.18. The molecule has 3 N–H and O–H groups in total. The van der Waals surface area contributed by atoms with Crippen LogP contribution >= 0.6 is 0 Å². The summed E-state index contributed by atoms with van der Waals surface area (Å²) in [7, 11) is 5.36. The second kappa shape index (κ2) is 10.9. The van der Waals surface area contributed by atoms with Crippen molar-refractivity contribution in [3.05, 3.63) is 59.7 Å². The first kappa shape index (κ1) is 20.5. The van der Waals surface area contributed by atoms with E-state index in [-0.39, 0.29) is 18.0 Å². The highest BCUT2D eigenvalue weighted by Crippen LogP contribution is 2.28. The zero-order valence-electron chi connectivity index (χ0n) is 16.2. The number of amides is 1. The van der Waals surface area contributed by atoms with Crippen LogP contribution in [0.15, 0.2) is 42.7 Å². The maximum absolute atomic E-state index is 12.9. The van der Waals surface area contributed by atoms with Crippen LogP contribution in [0.2, 0.25) is 0 Å². The lowest BCUT2D eigenvalue weighted by Gasteiger charge is -2.29. The normalized spacial score (nSPS) is 16.9. The number of hydrogen-bond acceptors (Lipinski definition) is 5. The summed E-state index contributed by atoms with van der Waals surface area (Å²) in [4.78, 5) is 21.8. The molecule has 28 heavy (non-hydrogen) atoms. The molecule has 2 atom stereocenters. The van der Waals surface area contributed by atoms with Gasteiger partial charge in [-0.2, -0.15) is 0 Å². The highest BCUT2D eigenvalue weighted by molar-refractivity contribution is 6.04. The fourth-order valence-corrected chi connectivity index (χ4v) is 3.68. The van der Waals surface area contributed by atoms with E-state index in [2.05, 4.69) is 31.9 Å². The Balaban J connectivity index is 1.63. The summed E-state index contributed by atoms with van der Waals surface area (Å²) in [6.07, 6.45) is 9.34. The lowest BCUT2D eigenvalue weighted by Crippen LogP contribution is -2.46. The number of nitrogens with one attached hydrogen (secondary N) is 3. The molecule has 0 saturated heterocycles. The molecule has 1 amide bonds. The SMILES string of the molecule is [B]NCCCC[C@H](NC1CCCc2cccnc21)C(=O)NCc1ccccn1. The van der Waals surface area contributed by atoms with Crippen LogP contribution < -0.4 is 15.9 Å². The first-order chi connectivity index (χ1) is 13.8. The Morgan fingerprint density at radius 1 is 1.18 bits per heavy atom. The van der Waals surface area contributed by atoms with Crippen molar-refractivity contribution in [1.29, 1.82) is 0 Å². The zero-order valence-corrected chi connectivity index (χ0v) is 16.2. The number of hydrogen-bond donors (Lipinski definition) is 3. The van der Waals surface area contributed by atoms with E-state index >= 15 is 0 Å². The van der Waals surface area contributed by atoms with E-state index in [0.29, 0.717) is 6.54 Å². The summed E-state index contributed by atoms with van der Waals surface area (Å²) in [5, 5.41) is 9.28. The monoisotopic (exact) mass is 377 g/mol. The van der Waals surface area contributed by atoms with E-state index in [1.54, 1.807) is 6.20 Å². The second-order valence-corrected chi connectivity index (χ2v) is 7.20. The highest BCUT2D eigenvalue weighted by Gasteiger charge is 2.27. The standard InChI is InChI=1S/C21H28BN5O/c22-26-14-4-2-10-19(21(28)25-15-17-9-1-3-12-23-17)27-18-11-5-7-16-8-6-13-24-20(16)18/h1,3,6,8-9,12-13,18-19,26-27H,2,4-5,7,10-11,14-15H2,(H,25,28)/t18?,19-/m0/s1. The predicted octanol–water partition coefficient (Wildman–Crippen LogP) is 1.97. The number of carbonyl (C=O) groups is 1. The molecule has 3 rings (SSSR count). The van der Waals surface area contributed by atoms with Crippen molar-refractivity contribution in [3.8, 4) is 0 Å². The smallest absolute Gasteiger partial charge is 0.237 e. The molecule has 0 bridgehead atoms. The van der Waals surface area contributed by atoms with Crippen LogP contribution in [0.25, 0.3) is 0 Å². The van der Waals surface area contributed by atoms with Gasteiger partial charge in [0.2, 0.25) is 5.91 Å². The number of carbonyl (C=O) groups excluding carboxylic acids is 1. The molecule has 146 valence electrons. The van der Waals surface area contributed by atoms with Gasteiger partial charge >= 0.3 is 0 Å². The second-order valence-electron chi connectivity index (χ2n) is 7.20. The quantitative estimate of drug-likeness (QED) is 0.436. The number of aryl methyl sites for hydroxylation is 1. The van der Waals surface area contributed by atoms with Crippen molar-refractivity contribution < 1.29 is 4.79 Å². The molecule has 1 aliphatic carbocycles. The molecule has 0 fully saturated rings. The van der Waals surface area contributed by atoms with Gasteiger partial charge in [0.1, 0.15) is 0 Å². The summed E-state index contributed by atoms with van der Waals surface area (Å²) in [5.41, 5.74) is 3.22. The van der Waals surface area contributed by atoms with E-state index < -0.39 is 0 Å². The fourth-order valence-electron chi connectivity index (χ4n) is 3.68. The van der Waals surface area contributed by atoms with Crippen LogP contribution in [0.5, 0.6) is 0 Å². The number of aromatic nitrogens is 2. The van der Waals surface area contributed by atoms with E-state index in [1.807, 2.05) is 30.5 Å². The Labute approximate surface area is 168 Å². The van der Waals surface area contributed by atoms with Crippen LogP contribution in [0.3, 0.4) is 0 Å². The van der Waals surface area contributed by atoms with E-state index in [4.69, 9.17) is 7.98 Å². The number of nitrogens with zero attached hydrogens (tertiary/aromatic N) is 2. The van der Waals surface area contributed by atoms with Gasteiger partial charge in [0, 0.05) is 12.4 Å². The molecule has 1 unspecified atom stereocenters. The first-order valence-corrected chi connectivity index (χ1v) is 10.1.